The molecule has 0 N–H and O–H groups in total. The number of allylic oxidation sites excluding steroid dienone is 5. The highest BCUT2D eigenvalue weighted by atomic mass is 16.1. The monoisotopic (exact) mass is 531 g/mol. The van der Waals surface area contributed by atoms with Crippen LogP contribution in [-0.4, -0.2) is 28.5 Å². The maximum Gasteiger partial charge on any atom is 0.159 e. The van der Waals surface area contributed by atoms with Crippen LogP contribution in [0.4, 0.5) is 5.69 Å². The number of benzene rings is 1. The Bertz CT molecular complexity index is 1480. The average molecular weight is 532 g/mol. The Hall–Kier alpha value is -3.66. The predicted octanol–water partition coefficient (Wildman–Crippen LogP) is 8.75. The summed E-state index contributed by atoms with van der Waals surface area (Å²) in [6, 6.07) is 13.4. The molecule has 0 amide bonds. The van der Waals surface area contributed by atoms with E-state index in [9.17, 15) is 4.79 Å². The molecule has 6 rings (SSSR count). The first kappa shape index (κ1) is 26.6. The van der Waals surface area contributed by atoms with E-state index in [1.165, 1.54) is 59.2 Å². The fraction of sp³-hybridized carbons (Fsp3) is 0.389. The van der Waals surface area contributed by atoms with Crippen molar-refractivity contribution in [3.05, 3.63) is 95.4 Å². The molecule has 0 saturated heterocycles. The van der Waals surface area contributed by atoms with Gasteiger partial charge in [0.05, 0.1) is 11.2 Å². The number of hydrogen-bond acceptors (Lipinski definition) is 3. The number of aromatic nitrogens is 2. The Morgan fingerprint density at radius 2 is 1.90 bits per heavy atom. The molecule has 0 fully saturated rings. The molecule has 2 aromatic heterocycles. The van der Waals surface area contributed by atoms with Crippen molar-refractivity contribution in [1.82, 2.24) is 9.61 Å². The first-order valence-corrected chi connectivity index (χ1v) is 15.2. The van der Waals surface area contributed by atoms with Gasteiger partial charge in [-0.3, -0.25) is 4.79 Å². The van der Waals surface area contributed by atoms with Crippen LogP contribution < -0.4 is 4.90 Å². The quantitative estimate of drug-likeness (QED) is 0.309. The molecule has 2 aliphatic carbocycles. The normalized spacial score (nSPS) is 22.1. The number of rotatable bonds is 5. The second-order valence-corrected chi connectivity index (χ2v) is 11.7. The van der Waals surface area contributed by atoms with Crippen LogP contribution in [0.25, 0.3) is 22.7 Å². The summed E-state index contributed by atoms with van der Waals surface area (Å²) in [5.74, 6) is 0.669. The topological polar surface area (TPSA) is 37.6 Å². The zero-order valence-corrected chi connectivity index (χ0v) is 23.8. The molecule has 3 heterocycles. The van der Waals surface area contributed by atoms with E-state index in [1.807, 2.05) is 16.8 Å². The molecule has 0 radical (unpaired) electrons. The maximum absolute atomic E-state index is 12.6. The average Bonchev–Trinajstić information content (AvgIpc) is 3.20. The lowest BCUT2D eigenvalue weighted by Gasteiger charge is -2.28. The van der Waals surface area contributed by atoms with Crippen molar-refractivity contribution >= 4 is 23.1 Å². The summed E-state index contributed by atoms with van der Waals surface area (Å²) in [6.07, 6.45) is 26.0. The van der Waals surface area contributed by atoms with Crippen molar-refractivity contribution in [3.8, 4) is 11.1 Å². The summed E-state index contributed by atoms with van der Waals surface area (Å²) in [7, 11) is 0. The van der Waals surface area contributed by atoms with Gasteiger partial charge in [-0.05, 0) is 80.7 Å². The first-order chi connectivity index (χ1) is 19.7. The van der Waals surface area contributed by atoms with Crippen LogP contribution >= 0.6 is 0 Å². The van der Waals surface area contributed by atoms with Gasteiger partial charge in [0.15, 0.2) is 5.78 Å². The van der Waals surface area contributed by atoms with Gasteiger partial charge in [0.2, 0.25) is 0 Å². The minimum atomic E-state index is 0.275. The van der Waals surface area contributed by atoms with Crippen LogP contribution in [0.1, 0.15) is 76.7 Å². The lowest BCUT2D eigenvalue weighted by Crippen LogP contribution is -2.30. The van der Waals surface area contributed by atoms with Crippen molar-refractivity contribution in [3.63, 3.8) is 0 Å². The number of carbonyl (C=O) groups is 1. The minimum Gasteiger partial charge on any atom is -0.369 e. The smallest absolute Gasteiger partial charge is 0.159 e. The van der Waals surface area contributed by atoms with Gasteiger partial charge < -0.3 is 4.90 Å². The summed E-state index contributed by atoms with van der Waals surface area (Å²) < 4.78 is 2.03. The molecule has 40 heavy (non-hydrogen) atoms. The molecule has 1 aliphatic heterocycles. The van der Waals surface area contributed by atoms with Crippen molar-refractivity contribution in [2.75, 3.05) is 18.0 Å². The molecule has 1 atom stereocenters. The van der Waals surface area contributed by atoms with Crippen LogP contribution in [0.3, 0.4) is 0 Å². The van der Waals surface area contributed by atoms with E-state index in [-0.39, 0.29) is 5.78 Å². The Kier molecular flexibility index (Phi) is 8.13. The van der Waals surface area contributed by atoms with E-state index in [4.69, 9.17) is 0 Å². The molecule has 1 aromatic carbocycles. The van der Waals surface area contributed by atoms with Gasteiger partial charge in [-0.25, -0.2) is 4.52 Å². The standard InChI is InChI=1S/C36H41N3O/c1-2-9-29-21-32-25-38(19-8-12-31(32)23-34(40)22-29)35-17-18-37-39-26-33(24-36(35)39)30-15-13-28(14-16-30)20-27-10-6-4-3-5-7-11-27/h3-4,12-18,20,22,24,26,32H,2,5-11,19,21,23,25H2,1H3/b4-3+,27-20+/t32-/m0/s1. The Balaban J connectivity index is 1.23. The molecule has 3 aliphatic rings. The van der Waals surface area contributed by atoms with Gasteiger partial charge in [-0.2, -0.15) is 5.10 Å². The third-order valence-corrected chi connectivity index (χ3v) is 8.70. The van der Waals surface area contributed by atoms with Crippen LogP contribution in [0.5, 0.6) is 0 Å². The summed E-state index contributed by atoms with van der Waals surface area (Å²) in [5.41, 5.74) is 10.3. The summed E-state index contributed by atoms with van der Waals surface area (Å²) in [6.45, 7) is 4.10. The fourth-order valence-electron chi connectivity index (χ4n) is 6.68. The number of fused-ring (bicyclic) bond motifs is 2. The molecule has 0 spiro atoms. The zero-order chi connectivity index (χ0) is 27.3. The van der Waals surface area contributed by atoms with Crippen molar-refractivity contribution in [1.29, 1.82) is 0 Å². The summed E-state index contributed by atoms with van der Waals surface area (Å²) >= 11 is 0. The van der Waals surface area contributed by atoms with E-state index < -0.39 is 0 Å². The molecular weight excluding hydrogens is 490 g/mol. The highest BCUT2D eigenvalue weighted by Crippen LogP contribution is 2.35. The van der Waals surface area contributed by atoms with Gasteiger partial charge in [0.25, 0.3) is 0 Å². The van der Waals surface area contributed by atoms with Gasteiger partial charge in [-0.15, -0.1) is 0 Å². The summed E-state index contributed by atoms with van der Waals surface area (Å²) in [5, 5.41) is 4.67. The third-order valence-electron chi connectivity index (χ3n) is 8.70. The number of carbonyl (C=O) groups excluding carboxylic acids is 1. The molecule has 0 unspecified atom stereocenters. The Morgan fingerprint density at radius 3 is 2.77 bits per heavy atom. The second-order valence-electron chi connectivity index (χ2n) is 11.7. The minimum absolute atomic E-state index is 0.275. The van der Waals surface area contributed by atoms with Gasteiger partial charge >= 0.3 is 0 Å². The molecule has 206 valence electrons. The molecule has 0 saturated carbocycles. The van der Waals surface area contributed by atoms with E-state index >= 15 is 0 Å². The van der Waals surface area contributed by atoms with Crippen molar-refractivity contribution in [2.45, 2.75) is 71.1 Å². The summed E-state index contributed by atoms with van der Waals surface area (Å²) in [4.78, 5) is 15.1. The molecule has 3 aromatic rings. The third kappa shape index (κ3) is 6.06. The number of nitrogens with zero attached hydrogens (tertiary/aromatic N) is 3. The Labute approximate surface area is 238 Å². The lowest BCUT2D eigenvalue weighted by atomic mass is 9.90. The van der Waals surface area contributed by atoms with Crippen molar-refractivity contribution < 1.29 is 4.79 Å². The van der Waals surface area contributed by atoms with Crippen LogP contribution in [0.2, 0.25) is 0 Å². The van der Waals surface area contributed by atoms with Gasteiger partial charge in [-0.1, -0.05) is 78.6 Å². The number of ketones is 1. The van der Waals surface area contributed by atoms with E-state index in [0.717, 1.165) is 50.7 Å². The largest absolute Gasteiger partial charge is 0.369 e. The van der Waals surface area contributed by atoms with E-state index in [2.05, 4.69) is 83.8 Å². The van der Waals surface area contributed by atoms with Gasteiger partial charge in [0.1, 0.15) is 0 Å². The molecular formula is C36H41N3O. The molecule has 0 bridgehead atoms. The molecule has 4 nitrogen and oxygen atoms in total. The predicted molar refractivity (Wildman–Crippen MR) is 166 cm³/mol. The van der Waals surface area contributed by atoms with E-state index in [0.29, 0.717) is 12.3 Å². The fourth-order valence-corrected chi connectivity index (χ4v) is 6.68. The van der Waals surface area contributed by atoms with E-state index in [1.54, 1.807) is 5.57 Å². The van der Waals surface area contributed by atoms with Crippen molar-refractivity contribution in [2.24, 2.45) is 5.92 Å². The number of hydrogen-bond donors (Lipinski definition) is 0. The van der Waals surface area contributed by atoms with Crippen LogP contribution in [0, 0.1) is 5.92 Å². The highest BCUT2D eigenvalue weighted by Gasteiger charge is 2.27. The zero-order valence-electron chi connectivity index (χ0n) is 23.8. The highest BCUT2D eigenvalue weighted by molar-refractivity contribution is 5.92. The second kappa shape index (κ2) is 12.2. The van der Waals surface area contributed by atoms with Gasteiger partial charge in [0, 0.05) is 43.4 Å². The molecule has 4 heteroatoms. The maximum atomic E-state index is 12.6. The first-order valence-electron chi connectivity index (χ1n) is 15.2. The van der Waals surface area contributed by atoms with Crippen LogP contribution in [0.15, 0.2) is 89.8 Å². The SMILES string of the molecule is CCCC1=CC(=O)CC2=CCCN(c3ccnn4cc(-c5ccc(/C=C6\CC/C=C/CCC6)cc5)cc34)C[C@@H]2C1. The lowest BCUT2D eigenvalue weighted by molar-refractivity contribution is -0.114. The Morgan fingerprint density at radius 1 is 1.02 bits per heavy atom. The number of anilines is 1. The van der Waals surface area contributed by atoms with Crippen LogP contribution in [-0.2, 0) is 4.79 Å².